The van der Waals surface area contributed by atoms with Gasteiger partial charge >= 0.3 is 0 Å². The Kier molecular flexibility index (Phi) is 2.96. The smallest absolute Gasteiger partial charge is 0.227 e. The van der Waals surface area contributed by atoms with Crippen LogP contribution in [0.3, 0.4) is 0 Å². The van der Waals surface area contributed by atoms with Crippen molar-refractivity contribution in [1.82, 2.24) is 9.97 Å². The minimum absolute atomic E-state index is 0.680. The van der Waals surface area contributed by atoms with Crippen LogP contribution in [0.5, 0.6) is 0 Å². The lowest BCUT2D eigenvalue weighted by atomic mass is 10.1. The van der Waals surface area contributed by atoms with E-state index in [4.69, 9.17) is 9.40 Å². The van der Waals surface area contributed by atoms with E-state index < -0.39 is 0 Å². The minimum atomic E-state index is 0.680. The Morgan fingerprint density at radius 2 is 1.70 bits per heavy atom. The van der Waals surface area contributed by atoms with Crippen molar-refractivity contribution in [2.45, 2.75) is 6.92 Å². The summed E-state index contributed by atoms with van der Waals surface area (Å²) < 4.78 is 8.64. The maximum absolute atomic E-state index is 6.15. The largest absolute Gasteiger partial charge is 0.437 e. The van der Waals surface area contributed by atoms with Gasteiger partial charge < -0.3 is 4.42 Å². The van der Waals surface area contributed by atoms with E-state index in [1.807, 2.05) is 19.2 Å². The lowest BCUT2D eigenvalue weighted by molar-refractivity contribution is 0.653. The molecule has 27 heavy (non-hydrogen) atoms. The highest BCUT2D eigenvalue weighted by molar-refractivity contribution is 7.25. The first-order valence-electron chi connectivity index (χ1n) is 8.84. The molecule has 3 nitrogen and oxygen atoms in total. The van der Waals surface area contributed by atoms with Crippen LogP contribution in [0.4, 0.5) is 0 Å². The van der Waals surface area contributed by atoms with Gasteiger partial charge in [0.05, 0.1) is 10.4 Å². The van der Waals surface area contributed by atoms with Gasteiger partial charge in [-0.3, -0.25) is 4.98 Å². The van der Waals surface area contributed by atoms with Crippen LogP contribution in [0.15, 0.2) is 71.3 Å². The third kappa shape index (κ3) is 2.14. The van der Waals surface area contributed by atoms with Gasteiger partial charge in [0, 0.05) is 43.7 Å². The molecule has 2 aromatic carbocycles. The van der Waals surface area contributed by atoms with Crippen LogP contribution in [0.25, 0.3) is 53.5 Å². The van der Waals surface area contributed by atoms with E-state index in [0.29, 0.717) is 5.71 Å². The molecule has 0 atom stereocenters. The Labute approximate surface area is 158 Å². The summed E-state index contributed by atoms with van der Waals surface area (Å²) in [7, 11) is 0. The molecule has 4 heterocycles. The van der Waals surface area contributed by atoms with Crippen molar-refractivity contribution in [2.24, 2.45) is 0 Å². The molecule has 0 aliphatic rings. The summed E-state index contributed by atoms with van der Waals surface area (Å²) in [5.74, 6) is 0. The average molecular weight is 366 g/mol. The van der Waals surface area contributed by atoms with Crippen molar-refractivity contribution >= 4 is 53.6 Å². The molecule has 0 amide bonds. The molecular formula is C23H14N2OS. The molecule has 0 fully saturated rings. The number of para-hydroxylation sites is 1. The number of fused-ring (bicyclic) bond motifs is 6. The van der Waals surface area contributed by atoms with Crippen LogP contribution in [0, 0.1) is 6.92 Å². The van der Waals surface area contributed by atoms with Crippen molar-refractivity contribution < 1.29 is 4.42 Å². The van der Waals surface area contributed by atoms with E-state index in [-0.39, 0.29) is 0 Å². The molecule has 4 aromatic heterocycles. The number of rotatable bonds is 1. The first-order valence-corrected chi connectivity index (χ1v) is 9.66. The molecule has 0 radical (unpaired) electrons. The van der Waals surface area contributed by atoms with Gasteiger partial charge in [-0.15, -0.1) is 11.3 Å². The Morgan fingerprint density at radius 3 is 2.67 bits per heavy atom. The zero-order valence-corrected chi connectivity index (χ0v) is 15.4. The van der Waals surface area contributed by atoms with Gasteiger partial charge in [0.15, 0.2) is 0 Å². The Bertz CT molecular complexity index is 1490. The number of furan rings is 1. The molecule has 0 saturated heterocycles. The highest BCUT2D eigenvalue weighted by atomic mass is 32.1. The fourth-order valence-corrected chi connectivity index (χ4v) is 4.81. The molecule has 0 bridgehead atoms. The normalized spacial score (nSPS) is 11.9. The predicted octanol–water partition coefficient (Wildman–Crippen LogP) is 6.72. The van der Waals surface area contributed by atoms with Crippen molar-refractivity contribution in [1.29, 1.82) is 0 Å². The fourth-order valence-electron chi connectivity index (χ4n) is 3.75. The fraction of sp³-hybridized carbons (Fsp3) is 0.0435. The van der Waals surface area contributed by atoms with Gasteiger partial charge in [0.1, 0.15) is 5.58 Å². The molecule has 0 unspecified atom stereocenters. The van der Waals surface area contributed by atoms with Crippen molar-refractivity contribution in [3.8, 4) is 11.3 Å². The number of hydrogen-bond acceptors (Lipinski definition) is 4. The molecule has 4 heteroatoms. The Morgan fingerprint density at radius 1 is 0.815 bits per heavy atom. The molecule has 0 spiro atoms. The van der Waals surface area contributed by atoms with Crippen LogP contribution < -0.4 is 0 Å². The van der Waals surface area contributed by atoms with Gasteiger partial charge in [0.2, 0.25) is 5.71 Å². The molecule has 0 N–H and O–H groups in total. The maximum atomic E-state index is 6.15. The SMILES string of the molecule is Cc1ccc2c(n1)oc1c(-c3cc4c(cn3)sc3ccccc34)cccc12. The number of aromatic nitrogens is 2. The second-order valence-corrected chi connectivity index (χ2v) is 7.84. The third-order valence-corrected chi connectivity index (χ3v) is 6.17. The lowest BCUT2D eigenvalue weighted by Crippen LogP contribution is -1.83. The second-order valence-electron chi connectivity index (χ2n) is 6.75. The number of aryl methyl sites for hydroxylation is 1. The van der Waals surface area contributed by atoms with Crippen molar-refractivity contribution in [3.63, 3.8) is 0 Å². The van der Waals surface area contributed by atoms with Crippen LogP contribution in [-0.4, -0.2) is 9.97 Å². The summed E-state index contributed by atoms with van der Waals surface area (Å²) in [6.07, 6.45) is 1.97. The van der Waals surface area contributed by atoms with Gasteiger partial charge in [-0.05, 0) is 37.3 Å². The predicted molar refractivity (Wildman–Crippen MR) is 112 cm³/mol. The van der Waals surface area contributed by atoms with Gasteiger partial charge in [-0.25, -0.2) is 4.98 Å². The van der Waals surface area contributed by atoms with Crippen LogP contribution >= 0.6 is 11.3 Å². The summed E-state index contributed by atoms with van der Waals surface area (Å²) >= 11 is 1.78. The minimum Gasteiger partial charge on any atom is -0.437 e. The van der Waals surface area contributed by atoms with E-state index in [1.54, 1.807) is 11.3 Å². The summed E-state index contributed by atoms with van der Waals surface area (Å²) in [6.45, 7) is 1.98. The first kappa shape index (κ1) is 14.9. The van der Waals surface area contributed by atoms with E-state index in [1.165, 1.54) is 20.2 Å². The monoisotopic (exact) mass is 366 g/mol. The second kappa shape index (κ2) is 5.38. The molecular weight excluding hydrogens is 352 g/mol. The van der Waals surface area contributed by atoms with Crippen LogP contribution in [0.2, 0.25) is 0 Å². The zero-order valence-electron chi connectivity index (χ0n) is 14.6. The molecule has 0 saturated carbocycles. The molecule has 128 valence electrons. The average Bonchev–Trinajstić information content (AvgIpc) is 3.24. The molecule has 0 aliphatic carbocycles. The number of benzene rings is 2. The molecule has 6 aromatic rings. The van der Waals surface area contributed by atoms with E-state index in [0.717, 1.165) is 33.3 Å². The van der Waals surface area contributed by atoms with Gasteiger partial charge in [0.25, 0.3) is 0 Å². The standard InChI is InChI=1S/C23H14N2OS/c1-13-9-10-16-15-6-4-7-17(22(15)26-23(16)25-13)19-11-18-14-5-2-3-8-20(14)27-21(18)12-24-19/h2-12H,1H3. The lowest BCUT2D eigenvalue weighted by Gasteiger charge is -2.02. The summed E-state index contributed by atoms with van der Waals surface area (Å²) in [5, 5.41) is 4.63. The highest BCUT2D eigenvalue weighted by Crippen LogP contribution is 2.38. The maximum Gasteiger partial charge on any atom is 0.227 e. The number of hydrogen-bond donors (Lipinski definition) is 0. The van der Waals surface area contributed by atoms with Crippen LogP contribution in [-0.2, 0) is 0 Å². The first-order chi connectivity index (χ1) is 13.3. The van der Waals surface area contributed by atoms with Crippen molar-refractivity contribution in [3.05, 3.63) is 72.6 Å². The summed E-state index contributed by atoms with van der Waals surface area (Å²) in [6, 6.07) is 21.0. The molecule has 0 aliphatic heterocycles. The van der Waals surface area contributed by atoms with Crippen molar-refractivity contribution in [2.75, 3.05) is 0 Å². The number of nitrogens with zero attached hydrogens (tertiary/aromatic N) is 2. The Balaban J connectivity index is 1.67. The summed E-state index contributed by atoms with van der Waals surface area (Å²) in [5.41, 5.74) is 4.40. The van der Waals surface area contributed by atoms with E-state index >= 15 is 0 Å². The van der Waals surface area contributed by atoms with Crippen LogP contribution in [0.1, 0.15) is 5.69 Å². The van der Waals surface area contributed by atoms with E-state index in [2.05, 4.69) is 59.6 Å². The third-order valence-electron chi connectivity index (χ3n) is 5.04. The number of thiophene rings is 1. The highest BCUT2D eigenvalue weighted by Gasteiger charge is 2.15. The number of pyridine rings is 2. The van der Waals surface area contributed by atoms with Gasteiger partial charge in [-0.1, -0.05) is 30.3 Å². The quantitative estimate of drug-likeness (QED) is 0.324. The summed E-state index contributed by atoms with van der Waals surface area (Å²) in [4.78, 5) is 9.29. The van der Waals surface area contributed by atoms with Gasteiger partial charge in [-0.2, -0.15) is 0 Å². The van der Waals surface area contributed by atoms with E-state index in [9.17, 15) is 0 Å². The molecule has 6 rings (SSSR count). The topological polar surface area (TPSA) is 38.9 Å². The Hall–Kier alpha value is -3.24. The zero-order chi connectivity index (χ0) is 18.0.